The molecule has 100 valence electrons. The molecule has 3 nitrogen and oxygen atoms in total. The van der Waals surface area contributed by atoms with E-state index in [0.29, 0.717) is 6.04 Å². The minimum absolute atomic E-state index is 0. The second kappa shape index (κ2) is 21.8. The van der Waals surface area contributed by atoms with Crippen LogP contribution in [0.15, 0.2) is 18.3 Å². The first-order valence-corrected chi connectivity index (χ1v) is 5.44. The minimum atomic E-state index is 0. The fourth-order valence-electron chi connectivity index (χ4n) is 1.76. The van der Waals surface area contributed by atoms with Crippen molar-refractivity contribution < 1.29 is 196 Å². The first-order valence-electron chi connectivity index (χ1n) is 5.44. The van der Waals surface area contributed by atoms with Crippen molar-refractivity contribution in [2.45, 2.75) is 19.9 Å². The van der Waals surface area contributed by atoms with Gasteiger partial charge in [0.05, 0.1) is 0 Å². The predicted octanol–water partition coefficient (Wildman–Crippen LogP) is 1.56. The Bertz CT molecular complexity index is 307. The van der Waals surface area contributed by atoms with Crippen molar-refractivity contribution in [3.63, 3.8) is 0 Å². The van der Waals surface area contributed by atoms with Gasteiger partial charge in [-0.3, -0.25) is 4.98 Å². The number of pyridine rings is 1. The van der Waals surface area contributed by atoms with Gasteiger partial charge in [0.25, 0.3) is 0 Å². The molecule has 0 atom stereocenters. The zero-order chi connectivity index (χ0) is 10.7. The van der Waals surface area contributed by atoms with Gasteiger partial charge in [-0.25, -0.2) is 18.7 Å². The zero-order valence-corrected chi connectivity index (χ0v) is 29.8. The van der Waals surface area contributed by atoms with E-state index in [-0.39, 0.29) is 196 Å². The van der Waals surface area contributed by atoms with Crippen molar-refractivity contribution in [3.05, 3.63) is 30.9 Å². The molecule has 0 N–H and O–H groups in total. The van der Waals surface area contributed by atoms with Gasteiger partial charge in [-0.05, 0) is 13.8 Å². The summed E-state index contributed by atoms with van der Waals surface area (Å²) in [5, 5.41) is 0. The summed E-state index contributed by atoms with van der Waals surface area (Å²) in [6.45, 7) is 9.77. The Kier molecular flexibility index (Phi) is 38.8. The molecule has 2 heterocycles. The molecule has 0 spiro atoms. The van der Waals surface area contributed by atoms with Crippen LogP contribution in [-0.2, 0) is 196 Å². The monoisotopic (exact) mass is 737 g/mol. The molecule has 0 unspecified atom stereocenters. The minimum Gasteiger partial charge on any atom is -0.521 e. The first-order chi connectivity index (χ1) is 7.27. The molecule has 1 aromatic rings. The molecule has 1 fully saturated rings. The van der Waals surface area contributed by atoms with Crippen molar-refractivity contribution in [2.75, 3.05) is 24.5 Å². The summed E-state index contributed by atoms with van der Waals surface area (Å²) in [5.74, 6) is 0.931. The van der Waals surface area contributed by atoms with E-state index < -0.39 is 0 Å². The maximum atomic E-state index is 4.29. The summed E-state index contributed by atoms with van der Waals surface area (Å²) in [6.07, 6.45) is 1.81. The normalized spacial score (nSPS) is 13.2. The SMILES string of the molecule is CC(C)N1C[CH-]N(c2[c-]cccn2)CC1.[Y].[Y].[Y].[Y].[Y].[Y]. The Morgan fingerprint density at radius 3 is 2.10 bits per heavy atom. The van der Waals surface area contributed by atoms with Crippen LogP contribution in [0.5, 0.6) is 0 Å². The summed E-state index contributed by atoms with van der Waals surface area (Å²) in [7, 11) is 0. The van der Waals surface area contributed by atoms with E-state index in [9.17, 15) is 0 Å². The van der Waals surface area contributed by atoms with Crippen molar-refractivity contribution >= 4 is 5.82 Å². The van der Waals surface area contributed by atoms with Gasteiger partial charge in [0, 0.05) is 221 Å². The summed E-state index contributed by atoms with van der Waals surface area (Å²) in [6, 6.07) is 7.57. The Morgan fingerprint density at radius 1 is 1.10 bits per heavy atom. The number of anilines is 1. The number of hydrogen-bond donors (Lipinski definition) is 0. The van der Waals surface area contributed by atoms with Crippen LogP contribution in [0.25, 0.3) is 0 Å². The second-order valence-electron chi connectivity index (χ2n) is 4.07. The van der Waals surface area contributed by atoms with Crippen molar-refractivity contribution in [1.29, 1.82) is 0 Å². The summed E-state index contributed by atoms with van der Waals surface area (Å²) >= 11 is 0. The molecular formula is C12H17N3Y6-2. The molecule has 21 heavy (non-hydrogen) atoms. The van der Waals surface area contributed by atoms with Crippen LogP contribution in [0.2, 0.25) is 0 Å². The van der Waals surface area contributed by atoms with Gasteiger partial charge in [0.2, 0.25) is 0 Å². The maximum Gasteiger partial charge on any atom is 0.0108 e. The van der Waals surface area contributed by atoms with Crippen molar-refractivity contribution in [2.24, 2.45) is 0 Å². The number of hydrogen-bond acceptors (Lipinski definition) is 3. The Morgan fingerprint density at radius 2 is 1.71 bits per heavy atom. The van der Waals surface area contributed by atoms with Gasteiger partial charge in [0.1, 0.15) is 0 Å². The standard InChI is InChI=1S/C12H17N3.6Y/c1-11(2)14-7-9-15(10-8-14)12-5-3-4-6-13-12;;;;;;/h3-4,6,9,11H,7-8,10H2,1-2H3;;;;;;/q-2;;;;;;. The van der Waals surface area contributed by atoms with E-state index in [4.69, 9.17) is 0 Å². The molecule has 1 aliphatic heterocycles. The van der Waals surface area contributed by atoms with Gasteiger partial charge < -0.3 is 9.80 Å². The average molecular weight is 737 g/mol. The molecule has 1 aliphatic rings. The molecule has 1 saturated heterocycles. The van der Waals surface area contributed by atoms with Crippen LogP contribution in [0, 0.1) is 12.6 Å². The van der Waals surface area contributed by atoms with Crippen LogP contribution >= 0.6 is 0 Å². The van der Waals surface area contributed by atoms with Crippen LogP contribution in [0.1, 0.15) is 13.8 Å². The molecule has 2 rings (SSSR count). The zero-order valence-electron chi connectivity index (χ0n) is 12.8. The fraction of sp³-hybridized carbons (Fsp3) is 0.500. The smallest absolute Gasteiger partial charge is 0.0108 e. The van der Waals surface area contributed by atoms with Crippen LogP contribution in [-0.4, -0.2) is 35.6 Å². The third-order valence-electron chi connectivity index (χ3n) is 2.76. The fourth-order valence-corrected chi connectivity index (χ4v) is 1.76. The Labute approximate surface area is 280 Å². The van der Waals surface area contributed by atoms with Crippen molar-refractivity contribution in [3.8, 4) is 0 Å². The van der Waals surface area contributed by atoms with Gasteiger partial charge in [-0.2, -0.15) is 6.07 Å². The van der Waals surface area contributed by atoms with E-state index in [1.54, 1.807) is 0 Å². The van der Waals surface area contributed by atoms with Gasteiger partial charge in [0.15, 0.2) is 0 Å². The van der Waals surface area contributed by atoms with E-state index in [2.05, 4.69) is 41.2 Å². The summed E-state index contributed by atoms with van der Waals surface area (Å²) in [5.41, 5.74) is 0. The van der Waals surface area contributed by atoms with Crippen molar-refractivity contribution in [1.82, 2.24) is 9.88 Å². The number of piperazine rings is 1. The van der Waals surface area contributed by atoms with Gasteiger partial charge >= 0.3 is 0 Å². The molecule has 6 radical (unpaired) electrons. The summed E-state index contributed by atoms with van der Waals surface area (Å²) < 4.78 is 0. The maximum absolute atomic E-state index is 4.29. The molecular weight excluding hydrogens is 720 g/mol. The third kappa shape index (κ3) is 14.2. The Hall–Kier alpha value is 5.53. The first kappa shape index (κ1) is 37.3. The second-order valence-corrected chi connectivity index (χ2v) is 4.07. The number of nitrogens with zero attached hydrogens (tertiary/aromatic N) is 3. The third-order valence-corrected chi connectivity index (χ3v) is 2.76. The Balaban J connectivity index is -0.000000142. The van der Waals surface area contributed by atoms with Crippen LogP contribution in [0.4, 0.5) is 5.82 Å². The predicted molar refractivity (Wildman–Crippen MR) is 61.4 cm³/mol. The van der Waals surface area contributed by atoms with Crippen LogP contribution in [0.3, 0.4) is 0 Å². The molecule has 1 aromatic heterocycles. The largest absolute Gasteiger partial charge is 0.521 e. The van der Waals surface area contributed by atoms with E-state index in [1.165, 1.54) is 0 Å². The quantitative estimate of drug-likeness (QED) is 0.431. The van der Waals surface area contributed by atoms with Gasteiger partial charge in [-0.1, -0.05) is 6.20 Å². The molecule has 0 amide bonds. The van der Waals surface area contributed by atoms with Crippen LogP contribution < -0.4 is 4.90 Å². The number of rotatable bonds is 2. The molecule has 0 aromatic carbocycles. The average Bonchev–Trinajstić information content (AvgIpc) is 2.30. The molecule has 9 heteroatoms. The summed E-state index contributed by atoms with van der Waals surface area (Å²) in [4.78, 5) is 8.92. The van der Waals surface area contributed by atoms with E-state index in [0.717, 1.165) is 25.5 Å². The topological polar surface area (TPSA) is 19.4 Å². The molecule has 0 aliphatic carbocycles. The number of aromatic nitrogens is 1. The van der Waals surface area contributed by atoms with Gasteiger partial charge in [-0.15, -0.1) is 6.54 Å². The molecule has 0 bridgehead atoms. The van der Waals surface area contributed by atoms with E-state index >= 15 is 0 Å². The molecule has 0 saturated carbocycles. The van der Waals surface area contributed by atoms with E-state index in [1.807, 2.05) is 18.3 Å².